The zero-order valence-corrected chi connectivity index (χ0v) is 10.8. The Labute approximate surface area is 104 Å². The molecule has 0 aliphatic rings. The van der Waals surface area contributed by atoms with Crippen molar-refractivity contribution in [3.8, 4) is 6.07 Å². The lowest BCUT2D eigenvalue weighted by Gasteiger charge is -2.12. The van der Waals surface area contributed by atoms with Gasteiger partial charge in [0.1, 0.15) is 5.92 Å². The summed E-state index contributed by atoms with van der Waals surface area (Å²) in [5, 5.41) is 11.6. The zero-order valence-electron chi connectivity index (χ0n) is 9.20. The summed E-state index contributed by atoms with van der Waals surface area (Å²) in [4.78, 5) is 11.7. The SMILES string of the molecule is CC(C)C(C#N)C(=O)Nc1ccc(Br)cc1. The lowest BCUT2D eigenvalue weighted by atomic mass is 9.96. The maximum absolute atomic E-state index is 11.7. The van der Waals surface area contributed by atoms with Crippen molar-refractivity contribution in [2.24, 2.45) is 11.8 Å². The van der Waals surface area contributed by atoms with Crippen molar-refractivity contribution in [1.82, 2.24) is 0 Å². The van der Waals surface area contributed by atoms with Gasteiger partial charge in [0.05, 0.1) is 6.07 Å². The Kier molecular flexibility index (Phi) is 4.51. The summed E-state index contributed by atoms with van der Waals surface area (Å²) in [6.45, 7) is 3.71. The first-order valence-corrected chi connectivity index (χ1v) is 5.80. The van der Waals surface area contributed by atoms with E-state index in [1.54, 1.807) is 12.1 Å². The van der Waals surface area contributed by atoms with Gasteiger partial charge in [0.15, 0.2) is 0 Å². The summed E-state index contributed by atoms with van der Waals surface area (Å²) >= 11 is 3.31. The van der Waals surface area contributed by atoms with Crippen LogP contribution in [0.4, 0.5) is 5.69 Å². The van der Waals surface area contributed by atoms with Gasteiger partial charge < -0.3 is 5.32 Å². The van der Waals surface area contributed by atoms with Gasteiger partial charge >= 0.3 is 0 Å². The number of carbonyl (C=O) groups is 1. The van der Waals surface area contributed by atoms with Gasteiger partial charge in [-0.05, 0) is 30.2 Å². The molecular formula is C12H13BrN2O. The number of hydrogen-bond acceptors (Lipinski definition) is 2. The topological polar surface area (TPSA) is 52.9 Å². The van der Waals surface area contributed by atoms with Crippen LogP contribution in [0.2, 0.25) is 0 Å². The van der Waals surface area contributed by atoms with Crippen molar-refractivity contribution in [2.75, 3.05) is 5.32 Å². The summed E-state index contributed by atoms with van der Waals surface area (Å²) < 4.78 is 0.950. The standard InChI is InChI=1S/C12H13BrN2O/c1-8(2)11(7-14)12(16)15-10-5-3-9(13)4-6-10/h3-6,8,11H,1-2H3,(H,15,16). The first-order chi connectivity index (χ1) is 7.54. The lowest BCUT2D eigenvalue weighted by Crippen LogP contribution is -2.25. The summed E-state index contributed by atoms with van der Waals surface area (Å²) in [6, 6.07) is 9.27. The number of halogens is 1. The number of anilines is 1. The molecule has 0 heterocycles. The second-order valence-corrected chi connectivity index (χ2v) is 4.76. The molecule has 1 unspecified atom stereocenters. The van der Waals surface area contributed by atoms with Gasteiger partial charge in [-0.2, -0.15) is 5.26 Å². The van der Waals surface area contributed by atoms with Gasteiger partial charge in [-0.25, -0.2) is 0 Å². The van der Waals surface area contributed by atoms with Crippen molar-refractivity contribution >= 4 is 27.5 Å². The molecule has 0 spiro atoms. The minimum absolute atomic E-state index is 0.0143. The van der Waals surface area contributed by atoms with Gasteiger partial charge in [0, 0.05) is 10.2 Å². The molecule has 0 aliphatic carbocycles. The van der Waals surface area contributed by atoms with Gasteiger partial charge in [0.2, 0.25) is 5.91 Å². The number of amides is 1. The van der Waals surface area contributed by atoms with Crippen LogP contribution in [0.3, 0.4) is 0 Å². The molecule has 1 N–H and O–H groups in total. The van der Waals surface area contributed by atoms with Crippen molar-refractivity contribution in [1.29, 1.82) is 5.26 Å². The van der Waals surface area contributed by atoms with Gasteiger partial charge in [0.25, 0.3) is 0 Å². The molecule has 0 radical (unpaired) electrons. The Balaban J connectivity index is 2.71. The second-order valence-electron chi connectivity index (χ2n) is 3.85. The van der Waals surface area contributed by atoms with Crippen LogP contribution >= 0.6 is 15.9 Å². The smallest absolute Gasteiger partial charge is 0.241 e. The number of hydrogen-bond donors (Lipinski definition) is 1. The Morgan fingerprint density at radius 1 is 1.38 bits per heavy atom. The molecule has 0 bridgehead atoms. The van der Waals surface area contributed by atoms with Crippen LogP contribution in [0.1, 0.15) is 13.8 Å². The molecule has 4 heteroatoms. The highest BCUT2D eigenvalue weighted by Crippen LogP contribution is 2.17. The van der Waals surface area contributed by atoms with E-state index in [2.05, 4.69) is 21.2 Å². The molecule has 0 aliphatic heterocycles. The van der Waals surface area contributed by atoms with Crippen LogP contribution in [0.5, 0.6) is 0 Å². The number of benzene rings is 1. The Morgan fingerprint density at radius 3 is 2.38 bits per heavy atom. The van der Waals surface area contributed by atoms with E-state index in [1.165, 1.54) is 0 Å². The van der Waals surface area contributed by atoms with E-state index in [0.717, 1.165) is 4.47 Å². The lowest BCUT2D eigenvalue weighted by molar-refractivity contribution is -0.119. The molecule has 1 aromatic rings. The Bertz CT molecular complexity index is 406. The number of carbonyl (C=O) groups excluding carboxylic acids is 1. The molecule has 1 rings (SSSR count). The van der Waals surface area contributed by atoms with E-state index in [4.69, 9.17) is 5.26 Å². The van der Waals surface area contributed by atoms with Crippen LogP contribution in [-0.2, 0) is 4.79 Å². The van der Waals surface area contributed by atoms with Crippen LogP contribution in [0, 0.1) is 23.2 Å². The fourth-order valence-corrected chi connectivity index (χ4v) is 1.53. The van der Waals surface area contributed by atoms with E-state index >= 15 is 0 Å². The van der Waals surface area contributed by atoms with Crippen LogP contribution < -0.4 is 5.32 Å². The molecule has 84 valence electrons. The van der Waals surface area contributed by atoms with Gasteiger partial charge in [-0.3, -0.25) is 4.79 Å². The highest BCUT2D eigenvalue weighted by molar-refractivity contribution is 9.10. The van der Waals surface area contributed by atoms with E-state index in [0.29, 0.717) is 5.69 Å². The third-order valence-corrected chi connectivity index (χ3v) is 2.73. The largest absolute Gasteiger partial charge is 0.325 e. The van der Waals surface area contributed by atoms with Crippen molar-refractivity contribution < 1.29 is 4.79 Å². The molecule has 1 amide bonds. The molecule has 0 aromatic heterocycles. The van der Waals surface area contributed by atoms with Crippen molar-refractivity contribution in [3.63, 3.8) is 0 Å². The highest BCUT2D eigenvalue weighted by Gasteiger charge is 2.21. The summed E-state index contributed by atoms with van der Waals surface area (Å²) in [5.74, 6) is -0.844. The molecular weight excluding hydrogens is 268 g/mol. The maximum Gasteiger partial charge on any atom is 0.241 e. The molecule has 3 nitrogen and oxygen atoms in total. The Hall–Kier alpha value is -1.34. The fraction of sp³-hybridized carbons (Fsp3) is 0.333. The van der Waals surface area contributed by atoms with Gasteiger partial charge in [-0.1, -0.05) is 29.8 Å². The third kappa shape index (κ3) is 3.35. The average molecular weight is 281 g/mol. The molecule has 16 heavy (non-hydrogen) atoms. The predicted octanol–water partition coefficient (Wildman–Crippen LogP) is 3.18. The Morgan fingerprint density at radius 2 is 1.94 bits per heavy atom. The number of nitrogens with one attached hydrogen (secondary N) is 1. The second kappa shape index (κ2) is 5.66. The first kappa shape index (κ1) is 12.7. The van der Waals surface area contributed by atoms with E-state index in [9.17, 15) is 4.79 Å². The monoisotopic (exact) mass is 280 g/mol. The van der Waals surface area contributed by atoms with Crippen molar-refractivity contribution in [2.45, 2.75) is 13.8 Å². The maximum atomic E-state index is 11.7. The first-order valence-electron chi connectivity index (χ1n) is 5.00. The van der Waals surface area contributed by atoms with Crippen LogP contribution in [0.15, 0.2) is 28.7 Å². The minimum Gasteiger partial charge on any atom is -0.325 e. The van der Waals surface area contributed by atoms with E-state index < -0.39 is 5.92 Å². The molecule has 0 fully saturated rings. The fourth-order valence-electron chi connectivity index (χ4n) is 1.26. The molecule has 0 saturated carbocycles. The summed E-state index contributed by atoms with van der Waals surface area (Å²) in [5.41, 5.74) is 0.703. The van der Waals surface area contributed by atoms with Crippen molar-refractivity contribution in [3.05, 3.63) is 28.7 Å². The minimum atomic E-state index is -0.608. The predicted molar refractivity (Wildman–Crippen MR) is 66.7 cm³/mol. The highest BCUT2D eigenvalue weighted by atomic mass is 79.9. The summed E-state index contributed by atoms with van der Waals surface area (Å²) in [7, 11) is 0. The third-order valence-electron chi connectivity index (χ3n) is 2.20. The zero-order chi connectivity index (χ0) is 12.1. The quantitative estimate of drug-likeness (QED) is 0.925. The number of nitriles is 1. The summed E-state index contributed by atoms with van der Waals surface area (Å²) in [6.07, 6.45) is 0. The molecule has 1 aromatic carbocycles. The van der Waals surface area contributed by atoms with E-state index in [1.807, 2.05) is 32.0 Å². The molecule has 0 saturated heterocycles. The van der Waals surface area contributed by atoms with Crippen LogP contribution in [0.25, 0.3) is 0 Å². The number of nitrogens with zero attached hydrogens (tertiary/aromatic N) is 1. The van der Waals surface area contributed by atoms with Crippen LogP contribution in [-0.4, -0.2) is 5.91 Å². The average Bonchev–Trinajstić information content (AvgIpc) is 2.22. The normalized spacial score (nSPS) is 11.9. The molecule has 1 atom stereocenters. The van der Waals surface area contributed by atoms with Gasteiger partial charge in [-0.15, -0.1) is 0 Å². The number of rotatable bonds is 3. The van der Waals surface area contributed by atoms with E-state index in [-0.39, 0.29) is 11.8 Å².